The third-order valence-electron chi connectivity index (χ3n) is 10.2. The van der Waals surface area contributed by atoms with Crippen LogP contribution in [0.3, 0.4) is 0 Å². The maximum Gasteiger partial charge on any atom is 0.280 e. The van der Waals surface area contributed by atoms with E-state index in [9.17, 15) is 14.7 Å². The summed E-state index contributed by atoms with van der Waals surface area (Å²) in [5, 5.41) is 12.5. The molecule has 0 spiro atoms. The molecule has 0 aliphatic carbocycles. The van der Waals surface area contributed by atoms with Crippen LogP contribution in [0.25, 0.3) is 10.6 Å². The Labute approximate surface area is 306 Å². The summed E-state index contributed by atoms with van der Waals surface area (Å²) in [5.41, 5.74) is 14.1. The first-order valence-electron chi connectivity index (χ1n) is 17.7. The lowest BCUT2D eigenvalue weighted by Gasteiger charge is -2.43. The van der Waals surface area contributed by atoms with Gasteiger partial charge in [0.05, 0.1) is 12.1 Å². The van der Waals surface area contributed by atoms with Gasteiger partial charge in [0.15, 0.2) is 5.69 Å². The minimum Gasteiger partial charge on any atom is -0.437 e. The van der Waals surface area contributed by atoms with Gasteiger partial charge in [0, 0.05) is 73.1 Å². The minimum absolute atomic E-state index is 0.00442. The van der Waals surface area contributed by atoms with Crippen LogP contribution in [0.4, 0.5) is 5.69 Å². The van der Waals surface area contributed by atoms with E-state index in [0.717, 1.165) is 53.4 Å². The van der Waals surface area contributed by atoms with Crippen LogP contribution in [-0.4, -0.2) is 72.1 Å². The van der Waals surface area contributed by atoms with Crippen molar-refractivity contribution in [1.29, 1.82) is 0 Å². The number of aromatic nitrogens is 4. The van der Waals surface area contributed by atoms with Crippen LogP contribution in [0.15, 0.2) is 90.2 Å². The molecule has 7 rings (SSSR count). The number of nitrogen functional groups attached to an aromatic ring is 1. The number of ether oxygens (including phenoxy) is 1. The molecule has 2 aromatic carbocycles. The first-order valence-corrected chi connectivity index (χ1v) is 18.5. The fraction of sp³-hybridized carbons (Fsp3) is 0.359. The van der Waals surface area contributed by atoms with E-state index in [1.807, 2.05) is 60.6 Å². The Hall–Kier alpha value is -4.95. The maximum absolute atomic E-state index is 14.2. The molecular formula is C39H44N8O4S. The van der Waals surface area contributed by atoms with Crippen LogP contribution in [-0.2, 0) is 24.4 Å². The van der Waals surface area contributed by atoms with E-state index < -0.39 is 11.2 Å². The van der Waals surface area contributed by atoms with Crippen molar-refractivity contribution in [3.05, 3.63) is 118 Å². The second-order valence-electron chi connectivity index (χ2n) is 13.9. The number of benzene rings is 2. The van der Waals surface area contributed by atoms with Gasteiger partial charge in [0.2, 0.25) is 11.8 Å². The molecule has 270 valence electrons. The molecule has 2 atom stereocenters. The summed E-state index contributed by atoms with van der Waals surface area (Å²) in [7, 11) is 0. The summed E-state index contributed by atoms with van der Waals surface area (Å²) in [5.74, 6) is 0.459. The number of aliphatic hydroxyl groups is 1. The van der Waals surface area contributed by atoms with Gasteiger partial charge in [-0.05, 0) is 68.1 Å². The van der Waals surface area contributed by atoms with Gasteiger partial charge >= 0.3 is 0 Å². The molecule has 2 fully saturated rings. The summed E-state index contributed by atoms with van der Waals surface area (Å²) < 4.78 is 7.07. The highest BCUT2D eigenvalue weighted by Crippen LogP contribution is 2.37. The van der Waals surface area contributed by atoms with Gasteiger partial charge in [-0.2, -0.15) is 0 Å². The smallest absolute Gasteiger partial charge is 0.280 e. The summed E-state index contributed by atoms with van der Waals surface area (Å²) in [6.07, 6.45) is 6.56. The van der Waals surface area contributed by atoms with Crippen LogP contribution < -0.4 is 21.8 Å². The number of hydrogen-bond acceptors (Lipinski definition) is 11. The number of piperidine rings is 2. The zero-order valence-electron chi connectivity index (χ0n) is 29.2. The van der Waals surface area contributed by atoms with E-state index in [2.05, 4.69) is 38.1 Å². The zero-order valence-corrected chi connectivity index (χ0v) is 30.0. The summed E-state index contributed by atoms with van der Waals surface area (Å²) >= 11 is 1.68. The number of carbonyl (C=O) groups is 1. The lowest BCUT2D eigenvalue weighted by Crippen LogP contribution is -2.53. The number of thiazole rings is 1. The Balaban J connectivity index is 0.982. The Bertz CT molecular complexity index is 2040. The maximum atomic E-state index is 14.2. The Kier molecular flexibility index (Phi) is 10.5. The number of carbonyl (C=O) groups excluding carboxylic acids is 1. The third kappa shape index (κ3) is 7.92. The number of nitrogens with two attached hydrogens (primary N) is 2. The van der Waals surface area contributed by atoms with Gasteiger partial charge in [0.1, 0.15) is 17.1 Å². The number of rotatable bonds is 10. The third-order valence-corrected chi connectivity index (χ3v) is 11.2. The highest BCUT2D eigenvalue weighted by molar-refractivity contribution is 7.15. The first-order chi connectivity index (χ1) is 25.2. The number of anilines is 1. The fourth-order valence-electron chi connectivity index (χ4n) is 7.17. The number of pyridine rings is 1. The van der Waals surface area contributed by atoms with Gasteiger partial charge in [0.25, 0.3) is 5.56 Å². The van der Waals surface area contributed by atoms with Crippen molar-refractivity contribution in [1.82, 2.24) is 29.3 Å². The van der Waals surface area contributed by atoms with E-state index in [1.165, 1.54) is 15.8 Å². The van der Waals surface area contributed by atoms with Crippen molar-refractivity contribution in [2.75, 3.05) is 31.9 Å². The summed E-state index contributed by atoms with van der Waals surface area (Å²) in [6, 6.07) is 21.5. The first kappa shape index (κ1) is 35.5. The molecule has 2 saturated heterocycles. The van der Waals surface area contributed by atoms with Crippen molar-refractivity contribution in [2.24, 2.45) is 11.7 Å². The molecule has 0 bridgehead atoms. The minimum atomic E-state index is -1.19. The summed E-state index contributed by atoms with van der Waals surface area (Å²) in [6.45, 7) is 5.51. The summed E-state index contributed by atoms with van der Waals surface area (Å²) in [4.78, 5) is 46.2. The van der Waals surface area contributed by atoms with Gasteiger partial charge in [-0.25, -0.2) is 9.97 Å². The normalized spacial score (nSPS) is 19.0. The molecule has 1 amide bonds. The average Bonchev–Trinajstić information content (AvgIpc) is 3.64. The van der Waals surface area contributed by atoms with Crippen molar-refractivity contribution in [3.63, 3.8) is 0 Å². The van der Waals surface area contributed by atoms with Crippen LogP contribution in [0, 0.1) is 12.8 Å². The largest absolute Gasteiger partial charge is 0.437 e. The molecule has 0 saturated carbocycles. The van der Waals surface area contributed by atoms with Crippen LogP contribution >= 0.6 is 11.3 Å². The monoisotopic (exact) mass is 720 g/mol. The molecule has 5 aromatic rings. The molecule has 0 unspecified atom stereocenters. The predicted molar refractivity (Wildman–Crippen MR) is 201 cm³/mol. The number of aryl methyl sites for hydroxylation is 1. The van der Waals surface area contributed by atoms with Gasteiger partial charge < -0.3 is 26.2 Å². The van der Waals surface area contributed by atoms with Gasteiger partial charge in [-0.1, -0.05) is 42.5 Å². The van der Waals surface area contributed by atoms with Crippen LogP contribution in [0.2, 0.25) is 0 Å². The number of hydrogen-bond donors (Lipinski definition) is 3. The molecule has 2 aliphatic heterocycles. The predicted octanol–water partition coefficient (Wildman–Crippen LogP) is 4.56. The van der Waals surface area contributed by atoms with Crippen LogP contribution in [0.1, 0.15) is 46.9 Å². The van der Waals surface area contributed by atoms with Gasteiger partial charge in [-0.15, -0.1) is 11.3 Å². The van der Waals surface area contributed by atoms with Gasteiger partial charge in [-0.3, -0.25) is 24.0 Å². The Morgan fingerprint density at radius 3 is 2.48 bits per heavy atom. The van der Waals surface area contributed by atoms with E-state index >= 15 is 0 Å². The molecule has 13 heteroatoms. The molecule has 5 heterocycles. The molecule has 12 nitrogen and oxygen atoms in total. The Morgan fingerprint density at radius 2 is 1.77 bits per heavy atom. The Morgan fingerprint density at radius 1 is 1.00 bits per heavy atom. The molecule has 52 heavy (non-hydrogen) atoms. The number of amides is 1. The lowest BCUT2D eigenvalue weighted by molar-refractivity contribution is -0.142. The lowest BCUT2D eigenvalue weighted by atomic mass is 9.79. The molecular weight excluding hydrogens is 677 g/mol. The molecule has 2 aliphatic rings. The highest BCUT2D eigenvalue weighted by Gasteiger charge is 2.41. The fourth-order valence-corrected chi connectivity index (χ4v) is 8.11. The standard InChI is InChI=1S/C39H44N8O4S/c1-26-7-10-29(20-42-26)36-43-21-31(52-36)22-45-16-13-32(33(23-45)28-5-3-2-4-6-28)37(48)46-17-14-39(50,15-18-46)24-47-25-44-35(34(41)38(47)49)51-30-11-8-27(19-40)9-12-30/h2-12,20-21,25,32-33,50H,13-19,22-24,40-41H2,1H3/t32-,33+/m1/s1. The van der Waals surface area contributed by atoms with E-state index in [0.29, 0.717) is 38.2 Å². The van der Waals surface area contributed by atoms with Crippen molar-refractivity contribution >= 4 is 22.9 Å². The SMILES string of the molecule is Cc1ccc(-c2ncc(CN3CC[C@@H](C(=O)N4CCC(O)(Cn5cnc(Oc6ccc(CN)cc6)c(N)c5=O)CC4)[C@H](c4ccccc4)C3)s2)cn1. The van der Waals surface area contributed by atoms with Crippen molar-refractivity contribution in [2.45, 2.75) is 57.3 Å². The zero-order chi connectivity index (χ0) is 36.2. The number of nitrogens with zero attached hydrogens (tertiary/aromatic N) is 6. The van der Waals surface area contributed by atoms with E-state index in [4.69, 9.17) is 16.2 Å². The van der Waals surface area contributed by atoms with E-state index in [-0.39, 0.29) is 35.9 Å². The van der Waals surface area contributed by atoms with E-state index in [1.54, 1.807) is 23.5 Å². The quantitative estimate of drug-likeness (QED) is 0.186. The van der Waals surface area contributed by atoms with Crippen molar-refractivity contribution in [3.8, 4) is 22.2 Å². The highest BCUT2D eigenvalue weighted by atomic mass is 32.1. The molecule has 0 radical (unpaired) electrons. The topological polar surface area (TPSA) is 166 Å². The van der Waals surface area contributed by atoms with Crippen LogP contribution in [0.5, 0.6) is 11.6 Å². The second-order valence-corrected chi connectivity index (χ2v) is 15.0. The average molecular weight is 721 g/mol. The van der Waals surface area contributed by atoms with Crippen molar-refractivity contribution < 1.29 is 14.6 Å². The molecule has 3 aromatic heterocycles. The second kappa shape index (κ2) is 15.3. The molecule has 5 N–H and O–H groups in total. The number of likely N-dealkylation sites (tertiary alicyclic amines) is 2.